The van der Waals surface area contributed by atoms with Crippen molar-refractivity contribution < 1.29 is 3.07 Å². The topological polar surface area (TPSA) is 21.3 Å². The molecule has 0 heterocycles. The van der Waals surface area contributed by atoms with Crippen LogP contribution in [0.1, 0.15) is 0 Å². The minimum Gasteiger partial charge on any atom is -0.314 e. The van der Waals surface area contributed by atoms with Crippen LogP contribution in [-0.4, -0.2) is 13.2 Å². The van der Waals surface area contributed by atoms with E-state index in [1.165, 1.54) is 0 Å². The molecule has 0 rings (SSSR count). The minimum absolute atomic E-state index is 0.781. The molecule has 0 bridgehead atoms. The Hall–Kier alpha value is 1.38. The van der Waals surface area contributed by atoms with Gasteiger partial charge in [0.25, 0.3) is 0 Å². The van der Waals surface area contributed by atoms with Crippen molar-refractivity contribution >= 4 is 45.9 Å². The molecule has 0 radical (unpaired) electrons. The van der Waals surface area contributed by atoms with Crippen LogP contribution < -0.4 is 3.53 Å². The summed E-state index contributed by atoms with van der Waals surface area (Å²) in [6.07, 6.45) is 0. The Morgan fingerprint density at radius 3 is 2.50 bits per heavy atom. The molecular formula is C2H5I2NO. The van der Waals surface area contributed by atoms with Crippen molar-refractivity contribution in [3.63, 3.8) is 0 Å². The van der Waals surface area contributed by atoms with Gasteiger partial charge in [0.05, 0.1) is 6.61 Å². The minimum atomic E-state index is 0.781. The quantitative estimate of drug-likeness (QED) is 0.482. The summed E-state index contributed by atoms with van der Waals surface area (Å²) < 4.78 is 7.59. The van der Waals surface area contributed by atoms with E-state index in [-0.39, 0.29) is 0 Å². The Balaban J connectivity index is 2.34. The maximum Gasteiger partial charge on any atom is 0.109 e. The number of hydrogen-bond acceptors (Lipinski definition) is 2. The molecule has 0 aliphatic carbocycles. The van der Waals surface area contributed by atoms with Crippen molar-refractivity contribution in [2.75, 3.05) is 13.2 Å². The molecule has 0 spiro atoms. The molecule has 4 heteroatoms. The van der Waals surface area contributed by atoms with E-state index in [0.29, 0.717) is 0 Å². The van der Waals surface area contributed by atoms with Crippen molar-refractivity contribution in [3.8, 4) is 0 Å². The fraction of sp³-hybridized carbons (Fsp3) is 1.00. The van der Waals surface area contributed by atoms with Gasteiger partial charge in [-0.3, -0.25) is 3.53 Å². The second-order valence-electron chi connectivity index (χ2n) is 0.697. The molecule has 0 aromatic rings. The van der Waals surface area contributed by atoms with Gasteiger partial charge in [-0.1, -0.05) is 0 Å². The van der Waals surface area contributed by atoms with Gasteiger partial charge < -0.3 is 3.07 Å². The van der Waals surface area contributed by atoms with E-state index in [9.17, 15) is 0 Å². The molecule has 0 unspecified atom stereocenters. The summed E-state index contributed by atoms with van der Waals surface area (Å²) in [7, 11) is 0. The molecule has 0 saturated heterocycles. The Bertz CT molecular complexity index is 23.5. The van der Waals surface area contributed by atoms with Gasteiger partial charge in [-0.25, -0.2) is 0 Å². The Kier molecular flexibility index (Phi) is 7.85. The summed E-state index contributed by atoms with van der Waals surface area (Å²) in [4.78, 5) is 0. The van der Waals surface area contributed by atoms with E-state index in [1.54, 1.807) is 0 Å². The van der Waals surface area contributed by atoms with Gasteiger partial charge in [0.2, 0.25) is 0 Å². The highest BCUT2D eigenvalue weighted by atomic mass is 127. The second kappa shape index (κ2) is 6.38. The zero-order valence-corrected chi connectivity index (χ0v) is 7.39. The van der Waals surface area contributed by atoms with Crippen LogP contribution in [0, 0.1) is 0 Å². The molecule has 0 aromatic carbocycles. The average Bonchev–Trinajstić information content (AvgIpc) is 1.61. The maximum absolute atomic E-state index is 4.68. The van der Waals surface area contributed by atoms with E-state index in [0.717, 1.165) is 13.2 Å². The third-order valence-electron chi connectivity index (χ3n) is 0.274. The first-order valence-electron chi connectivity index (χ1n) is 1.49. The van der Waals surface area contributed by atoms with Crippen molar-refractivity contribution in [2.24, 2.45) is 0 Å². The zero-order chi connectivity index (χ0) is 4.83. The van der Waals surface area contributed by atoms with Crippen molar-refractivity contribution in [1.29, 1.82) is 0 Å². The summed E-state index contributed by atoms with van der Waals surface area (Å²) in [5, 5.41) is 0. The summed E-state index contributed by atoms with van der Waals surface area (Å²) in [6, 6.07) is 0. The van der Waals surface area contributed by atoms with Gasteiger partial charge >= 0.3 is 0 Å². The molecule has 0 amide bonds. The van der Waals surface area contributed by atoms with Crippen LogP contribution in [0.4, 0.5) is 0 Å². The van der Waals surface area contributed by atoms with Gasteiger partial charge in [-0.2, -0.15) is 0 Å². The molecule has 0 saturated carbocycles. The summed E-state index contributed by atoms with van der Waals surface area (Å²) in [5.41, 5.74) is 0. The lowest BCUT2D eigenvalue weighted by Crippen LogP contribution is -2.04. The van der Waals surface area contributed by atoms with Crippen LogP contribution >= 0.6 is 45.9 Å². The number of rotatable bonds is 3. The Morgan fingerprint density at radius 1 is 1.67 bits per heavy atom. The smallest absolute Gasteiger partial charge is 0.109 e. The molecule has 0 aromatic heterocycles. The van der Waals surface area contributed by atoms with Crippen molar-refractivity contribution in [2.45, 2.75) is 0 Å². The van der Waals surface area contributed by atoms with Crippen LogP contribution in [0.3, 0.4) is 0 Å². The monoisotopic (exact) mass is 313 g/mol. The molecule has 2 nitrogen and oxygen atoms in total. The summed E-state index contributed by atoms with van der Waals surface area (Å²) >= 11 is 3.94. The first-order chi connectivity index (χ1) is 2.91. The SMILES string of the molecule is INCCOI. The molecule has 0 aliphatic heterocycles. The highest BCUT2D eigenvalue weighted by Crippen LogP contribution is 1.81. The van der Waals surface area contributed by atoms with Crippen LogP contribution in [0.5, 0.6) is 0 Å². The predicted molar refractivity (Wildman–Crippen MR) is 42.0 cm³/mol. The number of hydrogen-bond donors (Lipinski definition) is 1. The standard InChI is InChI=1S/C2H5I2NO/c3-5-1-2-6-4/h5H,1-2H2. The normalized spacial score (nSPS) is 9.00. The van der Waals surface area contributed by atoms with Crippen molar-refractivity contribution in [1.82, 2.24) is 3.53 Å². The fourth-order valence-corrected chi connectivity index (χ4v) is 0.518. The zero-order valence-electron chi connectivity index (χ0n) is 3.08. The molecule has 1 N–H and O–H groups in total. The van der Waals surface area contributed by atoms with Crippen LogP contribution in [0.25, 0.3) is 0 Å². The maximum atomic E-state index is 4.68. The lowest BCUT2D eigenvalue weighted by atomic mass is 10.8. The van der Waals surface area contributed by atoms with Gasteiger partial charge in [0.15, 0.2) is 0 Å². The summed E-state index contributed by atoms with van der Waals surface area (Å²) in [5.74, 6) is 0. The fourth-order valence-electron chi connectivity index (χ4n) is 0.0772. The lowest BCUT2D eigenvalue weighted by Gasteiger charge is -1.88. The van der Waals surface area contributed by atoms with E-state index >= 15 is 0 Å². The van der Waals surface area contributed by atoms with Crippen LogP contribution in [0.15, 0.2) is 0 Å². The van der Waals surface area contributed by atoms with E-state index in [4.69, 9.17) is 0 Å². The largest absolute Gasteiger partial charge is 0.314 e. The Labute approximate surface area is 65.2 Å². The first-order valence-corrected chi connectivity index (χ1v) is 3.45. The number of halogens is 2. The molecule has 38 valence electrons. The van der Waals surface area contributed by atoms with E-state index in [2.05, 4.69) is 29.5 Å². The van der Waals surface area contributed by atoms with Crippen molar-refractivity contribution in [3.05, 3.63) is 0 Å². The second-order valence-corrected chi connectivity index (χ2v) is 2.08. The van der Waals surface area contributed by atoms with E-state index < -0.39 is 0 Å². The third kappa shape index (κ3) is 5.38. The lowest BCUT2D eigenvalue weighted by molar-refractivity contribution is 0.436. The van der Waals surface area contributed by atoms with Crippen LogP contribution in [-0.2, 0) is 3.07 Å². The predicted octanol–water partition coefficient (Wildman–Crippen LogP) is 1.29. The van der Waals surface area contributed by atoms with Gasteiger partial charge in [-0.15, -0.1) is 0 Å². The van der Waals surface area contributed by atoms with Gasteiger partial charge in [-0.05, 0) is 0 Å². The first kappa shape index (κ1) is 7.38. The molecule has 0 aliphatic rings. The molecular weight excluding hydrogens is 308 g/mol. The molecule has 6 heavy (non-hydrogen) atoms. The van der Waals surface area contributed by atoms with Gasteiger partial charge in [0.1, 0.15) is 23.0 Å². The highest BCUT2D eigenvalue weighted by molar-refractivity contribution is 14.1. The number of nitrogens with one attached hydrogen (secondary N) is 1. The average molecular weight is 313 g/mol. The highest BCUT2D eigenvalue weighted by Gasteiger charge is 1.75. The van der Waals surface area contributed by atoms with E-state index in [1.807, 2.05) is 23.0 Å². The Morgan fingerprint density at radius 2 is 2.33 bits per heavy atom. The van der Waals surface area contributed by atoms with Gasteiger partial charge in [0, 0.05) is 29.4 Å². The molecule has 0 fully saturated rings. The van der Waals surface area contributed by atoms with Crippen LogP contribution in [0.2, 0.25) is 0 Å². The molecule has 0 atom stereocenters. The summed E-state index contributed by atoms with van der Waals surface area (Å²) in [6.45, 7) is 1.70. The third-order valence-corrected chi connectivity index (χ3v) is 1.25.